The molecule has 1 unspecified atom stereocenters. The van der Waals surface area contributed by atoms with Gasteiger partial charge in [0.25, 0.3) is 0 Å². The lowest BCUT2D eigenvalue weighted by atomic mass is 10.0. The Morgan fingerprint density at radius 1 is 1.15 bits per heavy atom. The van der Waals surface area contributed by atoms with E-state index in [2.05, 4.69) is 45.7 Å². The van der Waals surface area contributed by atoms with Crippen molar-refractivity contribution in [2.45, 2.75) is 32.0 Å². The third kappa shape index (κ3) is 4.67. The van der Waals surface area contributed by atoms with E-state index in [9.17, 15) is 13.2 Å². The lowest BCUT2D eigenvalue weighted by Crippen LogP contribution is -2.20. The molecule has 0 bridgehead atoms. The first-order chi connectivity index (χ1) is 12.3. The van der Waals surface area contributed by atoms with Crippen LogP contribution in [0, 0.1) is 0 Å². The summed E-state index contributed by atoms with van der Waals surface area (Å²) in [5.74, 6) is 0. The van der Waals surface area contributed by atoms with E-state index < -0.39 is 11.7 Å². The fraction of sp³-hybridized carbons (Fsp3) is 0.300. The molecular formula is C20H19BrF3NS. The molecule has 1 aromatic heterocycles. The summed E-state index contributed by atoms with van der Waals surface area (Å²) in [5, 5.41) is 6.89. The molecule has 6 heteroatoms. The highest BCUT2D eigenvalue weighted by Gasteiger charge is 2.30. The average Bonchev–Trinajstić information content (AvgIpc) is 3.01. The Morgan fingerprint density at radius 3 is 2.73 bits per heavy atom. The first-order valence-electron chi connectivity index (χ1n) is 8.41. The Balaban J connectivity index is 1.56. The zero-order valence-corrected chi connectivity index (χ0v) is 16.6. The van der Waals surface area contributed by atoms with Gasteiger partial charge in [0.1, 0.15) is 0 Å². The van der Waals surface area contributed by atoms with Crippen molar-refractivity contribution in [3.63, 3.8) is 0 Å². The van der Waals surface area contributed by atoms with E-state index in [1.807, 2.05) is 6.07 Å². The maximum absolute atomic E-state index is 12.8. The third-order valence-electron chi connectivity index (χ3n) is 4.38. The lowest BCUT2D eigenvalue weighted by molar-refractivity contribution is -0.137. The molecule has 1 heterocycles. The zero-order chi connectivity index (χ0) is 18.7. The summed E-state index contributed by atoms with van der Waals surface area (Å²) in [6, 6.07) is 12.1. The van der Waals surface area contributed by atoms with Crippen LogP contribution in [0.1, 0.15) is 36.1 Å². The summed E-state index contributed by atoms with van der Waals surface area (Å²) >= 11 is 5.24. The van der Waals surface area contributed by atoms with Crippen LogP contribution in [0.4, 0.5) is 13.2 Å². The van der Waals surface area contributed by atoms with Crippen LogP contribution < -0.4 is 5.32 Å². The molecule has 26 heavy (non-hydrogen) atoms. The molecule has 0 fully saturated rings. The number of thiophene rings is 1. The highest BCUT2D eigenvalue weighted by atomic mass is 79.9. The summed E-state index contributed by atoms with van der Waals surface area (Å²) in [6.07, 6.45) is -2.87. The van der Waals surface area contributed by atoms with Crippen LogP contribution in [0.2, 0.25) is 0 Å². The zero-order valence-electron chi connectivity index (χ0n) is 14.2. The van der Waals surface area contributed by atoms with E-state index in [-0.39, 0.29) is 6.04 Å². The minimum absolute atomic E-state index is 0.194. The Bertz CT molecular complexity index is 888. The van der Waals surface area contributed by atoms with Crippen molar-refractivity contribution in [2.24, 2.45) is 0 Å². The van der Waals surface area contributed by atoms with Crippen LogP contribution in [0.5, 0.6) is 0 Å². The van der Waals surface area contributed by atoms with Gasteiger partial charge in [-0.25, -0.2) is 0 Å². The fourth-order valence-electron chi connectivity index (χ4n) is 2.98. The Kier molecular flexibility index (Phi) is 6.05. The number of nitrogens with one attached hydrogen (secondary N) is 1. The smallest absolute Gasteiger partial charge is 0.310 e. The quantitative estimate of drug-likeness (QED) is 0.407. The summed E-state index contributed by atoms with van der Waals surface area (Å²) < 4.78 is 40.6. The maximum Gasteiger partial charge on any atom is 0.416 e. The molecular weight excluding hydrogens is 423 g/mol. The van der Waals surface area contributed by atoms with Crippen LogP contribution in [0.3, 0.4) is 0 Å². The van der Waals surface area contributed by atoms with E-state index in [1.165, 1.54) is 27.8 Å². The van der Waals surface area contributed by atoms with Crippen LogP contribution in [0.15, 0.2) is 52.3 Å². The van der Waals surface area contributed by atoms with Crippen LogP contribution in [-0.2, 0) is 12.6 Å². The molecule has 1 N–H and O–H groups in total. The van der Waals surface area contributed by atoms with E-state index in [0.717, 1.165) is 29.1 Å². The topological polar surface area (TPSA) is 12.0 Å². The number of halogens is 4. The van der Waals surface area contributed by atoms with Gasteiger partial charge < -0.3 is 5.32 Å². The molecule has 0 aliphatic heterocycles. The van der Waals surface area contributed by atoms with Crippen molar-refractivity contribution in [3.8, 4) is 0 Å². The first kappa shape index (κ1) is 19.4. The van der Waals surface area contributed by atoms with Crippen LogP contribution in [-0.4, -0.2) is 6.54 Å². The Hall–Kier alpha value is -1.37. The largest absolute Gasteiger partial charge is 0.416 e. The van der Waals surface area contributed by atoms with Gasteiger partial charge in [-0.3, -0.25) is 0 Å². The molecule has 0 aliphatic carbocycles. The predicted octanol–water partition coefficient (Wildman–Crippen LogP) is 6.97. The van der Waals surface area contributed by atoms with Gasteiger partial charge in [-0.1, -0.05) is 34.1 Å². The van der Waals surface area contributed by atoms with Crippen molar-refractivity contribution in [3.05, 3.63) is 69.0 Å². The number of hydrogen-bond acceptors (Lipinski definition) is 2. The molecule has 1 atom stereocenters. The van der Waals surface area contributed by atoms with Gasteiger partial charge in [0.05, 0.1) is 5.56 Å². The average molecular weight is 442 g/mol. The predicted molar refractivity (Wildman–Crippen MR) is 106 cm³/mol. The van der Waals surface area contributed by atoms with Gasteiger partial charge in [-0.2, -0.15) is 13.2 Å². The Labute approximate surface area is 163 Å². The second kappa shape index (κ2) is 8.11. The molecule has 3 aromatic rings. The normalized spacial score (nSPS) is 13.3. The SMILES string of the molecule is CC(NCCCc1cccc(C(F)(F)F)c1)c1csc2ccc(Br)cc12. The number of aryl methyl sites for hydroxylation is 1. The molecule has 0 saturated carbocycles. The molecule has 0 aliphatic rings. The second-order valence-corrected chi connectivity index (χ2v) is 8.14. The monoisotopic (exact) mass is 441 g/mol. The van der Waals surface area contributed by atoms with Crippen molar-refractivity contribution >= 4 is 37.4 Å². The number of benzene rings is 2. The van der Waals surface area contributed by atoms with Gasteiger partial charge in [0.2, 0.25) is 0 Å². The molecule has 2 aromatic carbocycles. The molecule has 1 nitrogen and oxygen atoms in total. The second-order valence-electron chi connectivity index (χ2n) is 6.31. The van der Waals surface area contributed by atoms with Crippen molar-refractivity contribution in [2.75, 3.05) is 6.54 Å². The lowest BCUT2D eigenvalue weighted by Gasteiger charge is -2.14. The molecule has 0 amide bonds. The standard InChI is InChI=1S/C20H19BrF3NS/c1-13(18-12-26-19-8-7-16(21)11-17(18)19)25-9-3-5-14-4-2-6-15(10-14)20(22,23)24/h2,4,6-8,10-13,25H,3,5,9H2,1H3. The van der Waals surface area contributed by atoms with Crippen LogP contribution >= 0.6 is 27.3 Å². The van der Waals surface area contributed by atoms with E-state index in [1.54, 1.807) is 17.4 Å². The molecule has 0 radical (unpaired) electrons. The van der Waals surface area contributed by atoms with Gasteiger partial charge in [0, 0.05) is 15.2 Å². The molecule has 3 rings (SSSR count). The van der Waals surface area contributed by atoms with Crippen molar-refractivity contribution < 1.29 is 13.2 Å². The molecule has 0 spiro atoms. The molecule has 0 saturated heterocycles. The van der Waals surface area contributed by atoms with Gasteiger partial charge in [-0.15, -0.1) is 11.3 Å². The summed E-state index contributed by atoms with van der Waals surface area (Å²) in [4.78, 5) is 0. The first-order valence-corrected chi connectivity index (χ1v) is 10.1. The summed E-state index contributed by atoms with van der Waals surface area (Å²) in [5.41, 5.74) is 1.40. The minimum atomic E-state index is -4.28. The number of alkyl halides is 3. The number of hydrogen-bond donors (Lipinski definition) is 1. The van der Waals surface area contributed by atoms with Crippen molar-refractivity contribution in [1.82, 2.24) is 5.32 Å². The van der Waals surface area contributed by atoms with Gasteiger partial charge in [-0.05, 0) is 72.5 Å². The Morgan fingerprint density at radius 2 is 1.96 bits per heavy atom. The third-order valence-corrected chi connectivity index (χ3v) is 5.85. The highest BCUT2D eigenvalue weighted by Crippen LogP contribution is 2.32. The summed E-state index contributed by atoms with van der Waals surface area (Å²) in [7, 11) is 0. The number of fused-ring (bicyclic) bond motifs is 1. The van der Waals surface area contributed by atoms with E-state index >= 15 is 0 Å². The minimum Gasteiger partial charge on any atom is -0.310 e. The van der Waals surface area contributed by atoms with Gasteiger partial charge >= 0.3 is 6.18 Å². The summed E-state index contributed by atoms with van der Waals surface area (Å²) in [6.45, 7) is 2.87. The van der Waals surface area contributed by atoms with Gasteiger partial charge in [0.15, 0.2) is 0 Å². The number of rotatable bonds is 6. The van der Waals surface area contributed by atoms with Crippen molar-refractivity contribution in [1.29, 1.82) is 0 Å². The molecule has 138 valence electrons. The highest BCUT2D eigenvalue weighted by molar-refractivity contribution is 9.10. The van der Waals surface area contributed by atoms with E-state index in [0.29, 0.717) is 6.42 Å². The van der Waals surface area contributed by atoms with E-state index in [4.69, 9.17) is 0 Å². The maximum atomic E-state index is 12.8. The fourth-order valence-corrected chi connectivity index (χ4v) is 4.38. The van der Waals surface area contributed by atoms with Crippen LogP contribution in [0.25, 0.3) is 10.1 Å².